The lowest BCUT2D eigenvalue weighted by atomic mass is 10.1. The normalized spacial score (nSPS) is 13.8. The zero-order chi connectivity index (χ0) is 27.6. The van der Waals surface area contributed by atoms with E-state index in [1.165, 1.54) is 13.5 Å². The molecule has 5 rings (SSSR count). The first-order chi connectivity index (χ1) is 19.0. The van der Waals surface area contributed by atoms with E-state index in [1.807, 2.05) is 0 Å². The molecule has 0 radical (unpaired) electrons. The fourth-order valence-corrected chi connectivity index (χ4v) is 4.76. The highest BCUT2D eigenvalue weighted by atomic mass is 35.5. The van der Waals surface area contributed by atoms with Gasteiger partial charge in [0.1, 0.15) is 0 Å². The molecule has 12 N–H and O–H groups in total. The maximum atomic E-state index is 12.7. The summed E-state index contributed by atoms with van der Waals surface area (Å²) in [5.41, 5.74) is 6.18. The first-order valence-corrected chi connectivity index (χ1v) is 13.7. The van der Waals surface area contributed by atoms with Gasteiger partial charge in [-0.25, -0.2) is 0 Å². The summed E-state index contributed by atoms with van der Waals surface area (Å²) >= 11 is 6.08. The van der Waals surface area contributed by atoms with Crippen molar-refractivity contribution in [2.24, 2.45) is 5.73 Å². The van der Waals surface area contributed by atoms with E-state index in [2.05, 4.69) is 31.2 Å². The molecule has 0 atom stereocenters. The van der Waals surface area contributed by atoms with Crippen molar-refractivity contribution in [3.63, 3.8) is 0 Å². The van der Waals surface area contributed by atoms with Crippen LogP contribution < -0.4 is 38.5 Å². The standard InChI is InChI=1S/C27H30ClN7O2.CH5N.2H3N.H2O.4H2/c28-21-8-2-3-9-22(21)30-24(37)18-23(36)19-10-12-20(13-11-19)29-25-31-26(34-14-4-1-5-15-34)33-27(32-25)35-16-6-7-17-35;1-2;;;;;;;/h2-3,8-13H,1,4-7,14-18H2,(H,30,37)(H,29,31,32,33);2H2,1H3;2*1H3;1H2;4*1H. The fourth-order valence-electron chi connectivity index (χ4n) is 4.58. The van der Waals surface area contributed by atoms with E-state index in [9.17, 15) is 9.59 Å². The highest BCUT2D eigenvalue weighted by molar-refractivity contribution is 6.33. The van der Waals surface area contributed by atoms with Crippen molar-refractivity contribution in [3.8, 4) is 0 Å². The Morgan fingerprint density at radius 2 is 1.36 bits per heavy atom. The van der Waals surface area contributed by atoms with Gasteiger partial charge in [-0.1, -0.05) is 23.7 Å². The van der Waals surface area contributed by atoms with Crippen LogP contribution in [-0.2, 0) is 4.79 Å². The van der Waals surface area contributed by atoms with Gasteiger partial charge in [-0.3, -0.25) is 9.59 Å². The first kappa shape index (κ1) is 36.1. The summed E-state index contributed by atoms with van der Waals surface area (Å²) in [6, 6.07) is 13.9. The Kier molecular flexibility index (Phi) is 15.3. The molecule has 2 aliphatic heterocycles. The van der Waals surface area contributed by atoms with Gasteiger partial charge in [0, 0.05) is 43.1 Å². The summed E-state index contributed by atoms with van der Waals surface area (Å²) < 4.78 is 0. The molecule has 3 heterocycles. The molecule has 1 aromatic heterocycles. The average Bonchev–Trinajstić information content (AvgIpc) is 3.51. The topological polar surface area (TPSA) is 231 Å². The number of piperidine rings is 1. The highest BCUT2D eigenvalue weighted by Gasteiger charge is 2.21. The van der Waals surface area contributed by atoms with Gasteiger partial charge in [-0.2, -0.15) is 15.0 Å². The first-order valence-electron chi connectivity index (χ1n) is 13.3. The predicted molar refractivity (Wildman–Crippen MR) is 178 cm³/mol. The van der Waals surface area contributed by atoms with Crippen molar-refractivity contribution in [3.05, 3.63) is 59.1 Å². The number of Topliss-reactive ketones (excluding diaryl/α,β-unsaturated/α-hetero) is 1. The van der Waals surface area contributed by atoms with E-state index in [0.29, 0.717) is 34.1 Å². The van der Waals surface area contributed by atoms with Crippen molar-refractivity contribution in [1.29, 1.82) is 0 Å². The van der Waals surface area contributed by atoms with Gasteiger partial charge in [0.25, 0.3) is 0 Å². The smallest absolute Gasteiger partial charge is 0.233 e. The molecular weight excluding hydrogens is 560 g/mol. The summed E-state index contributed by atoms with van der Waals surface area (Å²) in [6.07, 6.45) is 5.51. The molecule has 2 aliphatic rings. The number of nitrogens with one attached hydrogen (secondary N) is 2. The van der Waals surface area contributed by atoms with Crippen LogP contribution in [0.5, 0.6) is 0 Å². The van der Waals surface area contributed by atoms with Crippen LogP contribution in [0.3, 0.4) is 0 Å². The number of para-hydroxylation sites is 1. The minimum absolute atomic E-state index is 0. The van der Waals surface area contributed by atoms with Gasteiger partial charge in [0.05, 0.1) is 17.1 Å². The van der Waals surface area contributed by atoms with Gasteiger partial charge in [0.2, 0.25) is 23.8 Å². The Hall–Kier alpha value is -3.88. The molecule has 1 amide bonds. The van der Waals surface area contributed by atoms with Crippen LogP contribution in [0.15, 0.2) is 48.5 Å². The van der Waals surface area contributed by atoms with Crippen LogP contribution in [0.1, 0.15) is 54.6 Å². The Morgan fingerprint density at radius 1 is 0.833 bits per heavy atom. The van der Waals surface area contributed by atoms with Gasteiger partial charge in [0.15, 0.2) is 5.78 Å². The number of hydrogen-bond acceptors (Lipinski definition) is 11. The summed E-state index contributed by atoms with van der Waals surface area (Å²) in [6.45, 7) is 3.79. The van der Waals surface area contributed by atoms with Crippen LogP contribution >= 0.6 is 11.6 Å². The molecule has 14 heteroatoms. The molecule has 0 bridgehead atoms. The second-order valence-electron chi connectivity index (χ2n) is 9.33. The Morgan fingerprint density at radius 3 is 1.90 bits per heavy atom. The van der Waals surface area contributed by atoms with E-state index in [-0.39, 0.29) is 35.7 Å². The molecular formula is C28H51ClN10O3. The minimum Gasteiger partial charge on any atom is -0.412 e. The van der Waals surface area contributed by atoms with Gasteiger partial charge in [-0.05, 0) is 75.5 Å². The Labute approximate surface area is 257 Å². The van der Waals surface area contributed by atoms with Crippen LogP contribution in [0.2, 0.25) is 5.02 Å². The van der Waals surface area contributed by atoms with Crippen LogP contribution in [0.4, 0.5) is 29.2 Å². The van der Waals surface area contributed by atoms with E-state index >= 15 is 0 Å². The lowest BCUT2D eigenvalue weighted by Gasteiger charge is -2.27. The van der Waals surface area contributed by atoms with Gasteiger partial charge in [-0.15, -0.1) is 0 Å². The number of hydrogen-bond donors (Lipinski definition) is 5. The zero-order valence-electron chi connectivity index (χ0n) is 24.1. The molecule has 2 fully saturated rings. The third-order valence-electron chi connectivity index (χ3n) is 6.57. The van der Waals surface area contributed by atoms with E-state index in [1.54, 1.807) is 48.5 Å². The largest absolute Gasteiger partial charge is 0.412 e. The quantitative estimate of drug-likeness (QED) is 0.166. The van der Waals surface area contributed by atoms with E-state index < -0.39 is 5.91 Å². The molecule has 42 heavy (non-hydrogen) atoms. The fraction of sp³-hybridized carbons (Fsp3) is 0.393. The lowest BCUT2D eigenvalue weighted by Crippen LogP contribution is -2.32. The minimum atomic E-state index is -0.412. The molecule has 0 unspecified atom stereocenters. The summed E-state index contributed by atoms with van der Waals surface area (Å²) in [4.78, 5) is 43.6. The summed E-state index contributed by atoms with van der Waals surface area (Å²) in [5.74, 6) is 1.20. The molecule has 0 spiro atoms. The van der Waals surface area contributed by atoms with Crippen LogP contribution in [0.25, 0.3) is 0 Å². The van der Waals surface area contributed by atoms with Crippen molar-refractivity contribution < 1.29 is 20.8 Å². The predicted octanol–water partition coefficient (Wildman–Crippen LogP) is 5.13. The number of nitrogens with zero attached hydrogens (tertiary/aromatic N) is 5. The molecule has 238 valence electrons. The van der Waals surface area contributed by atoms with Crippen LogP contribution in [0, 0.1) is 0 Å². The van der Waals surface area contributed by atoms with Gasteiger partial charge < -0.3 is 43.9 Å². The monoisotopic (exact) mass is 610 g/mol. The number of carbonyl (C=O) groups excluding carboxylic acids is 2. The number of anilines is 5. The molecule has 2 saturated heterocycles. The SMILES string of the molecule is CN.N.N.O.O=C(CC(=O)c1ccc(Nc2nc(N3CCCCC3)nc(N3CCCC3)n2)cc1)Nc1ccccc1Cl.[HH].[HH].[HH].[HH]. The molecule has 2 aromatic carbocycles. The van der Waals surface area contributed by atoms with Crippen LogP contribution in [-0.4, -0.2) is 65.3 Å². The maximum absolute atomic E-state index is 12.7. The molecule has 13 nitrogen and oxygen atoms in total. The highest BCUT2D eigenvalue weighted by Crippen LogP contribution is 2.25. The Balaban J connectivity index is -0.000000961. The average molecular weight is 611 g/mol. The second kappa shape index (κ2) is 17.8. The van der Waals surface area contributed by atoms with Gasteiger partial charge >= 0.3 is 0 Å². The van der Waals surface area contributed by atoms with Crippen molar-refractivity contribution in [1.82, 2.24) is 27.3 Å². The number of nitrogens with two attached hydrogens (primary N) is 1. The maximum Gasteiger partial charge on any atom is 0.233 e. The Bertz CT molecular complexity index is 1290. The number of carbonyl (C=O) groups is 2. The van der Waals surface area contributed by atoms with E-state index in [0.717, 1.165) is 57.5 Å². The number of aromatic nitrogens is 3. The molecule has 3 aromatic rings. The zero-order valence-corrected chi connectivity index (χ0v) is 24.9. The number of amides is 1. The third-order valence-corrected chi connectivity index (χ3v) is 6.90. The molecule has 0 aliphatic carbocycles. The number of rotatable bonds is 8. The van der Waals surface area contributed by atoms with Crippen molar-refractivity contribution >= 4 is 52.5 Å². The van der Waals surface area contributed by atoms with Crippen molar-refractivity contribution in [2.45, 2.75) is 38.5 Å². The van der Waals surface area contributed by atoms with E-state index in [4.69, 9.17) is 21.6 Å². The number of ketones is 1. The summed E-state index contributed by atoms with van der Waals surface area (Å²) in [7, 11) is 1.50. The molecule has 0 saturated carbocycles. The second-order valence-corrected chi connectivity index (χ2v) is 9.74. The summed E-state index contributed by atoms with van der Waals surface area (Å²) in [5, 5.41) is 6.38. The lowest BCUT2D eigenvalue weighted by molar-refractivity contribution is -0.115. The number of benzene rings is 2. The van der Waals surface area contributed by atoms with Crippen molar-refractivity contribution in [2.75, 3.05) is 53.7 Å². The number of halogens is 1. The third kappa shape index (κ3) is 9.60.